The van der Waals surface area contributed by atoms with Crippen LogP contribution in [0.3, 0.4) is 0 Å². The summed E-state index contributed by atoms with van der Waals surface area (Å²) in [6.07, 6.45) is 1.37. The second-order valence-electron chi connectivity index (χ2n) is 4.95. The molecule has 7 nitrogen and oxygen atoms in total. The van der Waals surface area contributed by atoms with Gasteiger partial charge in [0.2, 0.25) is 5.91 Å². The first-order chi connectivity index (χ1) is 10.5. The first-order valence-electron chi connectivity index (χ1n) is 6.85. The highest BCUT2D eigenvalue weighted by atomic mass is 16.5. The third-order valence-corrected chi connectivity index (χ3v) is 3.21. The van der Waals surface area contributed by atoms with E-state index in [0.29, 0.717) is 22.7 Å². The van der Waals surface area contributed by atoms with Crippen LogP contribution in [0.2, 0.25) is 0 Å². The Labute approximate surface area is 127 Å². The summed E-state index contributed by atoms with van der Waals surface area (Å²) in [5.74, 6) is -0.236. The van der Waals surface area contributed by atoms with Gasteiger partial charge in [0.1, 0.15) is 11.3 Å². The lowest BCUT2D eigenvalue weighted by atomic mass is 10.1. The van der Waals surface area contributed by atoms with E-state index in [1.165, 1.54) is 6.20 Å². The van der Waals surface area contributed by atoms with E-state index in [2.05, 4.69) is 15.8 Å². The zero-order valence-corrected chi connectivity index (χ0v) is 12.4. The first kappa shape index (κ1) is 15.7. The summed E-state index contributed by atoms with van der Waals surface area (Å²) in [4.78, 5) is 23.7. The van der Waals surface area contributed by atoms with Crippen molar-refractivity contribution in [2.45, 2.75) is 13.8 Å². The predicted molar refractivity (Wildman–Crippen MR) is 82.5 cm³/mol. The Hall–Kier alpha value is -2.67. The minimum Gasteiger partial charge on any atom is -0.361 e. The zero-order chi connectivity index (χ0) is 16.1. The Balaban J connectivity index is 1.99. The molecule has 1 atom stereocenters. The number of nitrogens with zero attached hydrogens (tertiary/aromatic N) is 1. The molecule has 0 fully saturated rings. The van der Waals surface area contributed by atoms with Crippen molar-refractivity contribution in [1.82, 2.24) is 5.16 Å². The van der Waals surface area contributed by atoms with Crippen molar-refractivity contribution >= 4 is 23.2 Å². The smallest absolute Gasteiger partial charge is 0.260 e. The average molecular weight is 302 g/mol. The molecule has 1 aromatic carbocycles. The van der Waals surface area contributed by atoms with Gasteiger partial charge in [-0.3, -0.25) is 9.59 Å². The van der Waals surface area contributed by atoms with Crippen molar-refractivity contribution in [1.29, 1.82) is 0 Å². The lowest BCUT2D eigenvalue weighted by molar-refractivity contribution is -0.119. The monoisotopic (exact) mass is 302 g/mol. The molecule has 116 valence electrons. The highest BCUT2D eigenvalue weighted by Gasteiger charge is 2.13. The molecule has 2 aromatic rings. The number of nitrogens with two attached hydrogens (primary N) is 1. The molecule has 0 aliphatic carbocycles. The fraction of sp³-hybridized carbons (Fsp3) is 0.267. The SMILES string of the molecule is Cc1oncc1C(=O)Nc1ccc(NC(=O)C(C)CN)cc1. The van der Waals surface area contributed by atoms with E-state index < -0.39 is 0 Å². The number of carbonyl (C=O) groups is 2. The number of nitrogens with one attached hydrogen (secondary N) is 2. The van der Waals surface area contributed by atoms with Crippen LogP contribution >= 0.6 is 0 Å². The fourth-order valence-electron chi connectivity index (χ4n) is 1.72. The number of rotatable bonds is 5. The van der Waals surface area contributed by atoms with Crippen LogP contribution in [-0.2, 0) is 4.79 Å². The number of carbonyl (C=O) groups excluding carboxylic acids is 2. The molecule has 4 N–H and O–H groups in total. The van der Waals surface area contributed by atoms with E-state index in [-0.39, 0.29) is 24.3 Å². The molecule has 2 amide bonds. The molecule has 0 saturated carbocycles. The van der Waals surface area contributed by atoms with Crippen molar-refractivity contribution in [2.75, 3.05) is 17.2 Å². The van der Waals surface area contributed by atoms with Gasteiger partial charge in [-0.15, -0.1) is 0 Å². The van der Waals surface area contributed by atoms with E-state index >= 15 is 0 Å². The molecule has 0 saturated heterocycles. The molecule has 0 radical (unpaired) electrons. The fourth-order valence-corrected chi connectivity index (χ4v) is 1.72. The summed E-state index contributed by atoms with van der Waals surface area (Å²) in [7, 11) is 0. The van der Waals surface area contributed by atoms with Gasteiger partial charge in [-0.25, -0.2) is 0 Å². The van der Waals surface area contributed by atoms with Crippen LogP contribution in [0.4, 0.5) is 11.4 Å². The van der Waals surface area contributed by atoms with E-state index in [4.69, 9.17) is 10.3 Å². The standard InChI is InChI=1S/C15H18N4O3/c1-9(7-16)14(20)18-11-3-5-12(6-4-11)19-15(21)13-8-17-22-10(13)2/h3-6,8-9H,7,16H2,1-2H3,(H,18,20)(H,19,21). The quantitative estimate of drug-likeness (QED) is 0.779. The number of hydrogen-bond donors (Lipinski definition) is 3. The van der Waals surface area contributed by atoms with E-state index in [1.807, 2.05) is 0 Å². The molecule has 22 heavy (non-hydrogen) atoms. The summed E-state index contributed by atoms with van der Waals surface area (Å²) in [6, 6.07) is 6.81. The van der Waals surface area contributed by atoms with Crippen molar-refractivity contribution in [3.8, 4) is 0 Å². The van der Waals surface area contributed by atoms with Gasteiger partial charge in [-0.05, 0) is 31.2 Å². The lowest BCUT2D eigenvalue weighted by Crippen LogP contribution is -2.26. The van der Waals surface area contributed by atoms with E-state index in [9.17, 15) is 9.59 Å². The molecule has 1 aromatic heterocycles. The van der Waals surface area contributed by atoms with Gasteiger partial charge in [0.05, 0.1) is 6.20 Å². The maximum absolute atomic E-state index is 12.0. The summed E-state index contributed by atoms with van der Waals surface area (Å²) >= 11 is 0. The molecule has 0 aliphatic rings. The Kier molecular flexibility index (Phi) is 4.90. The molecule has 0 bridgehead atoms. The molecule has 1 unspecified atom stereocenters. The van der Waals surface area contributed by atoms with Crippen LogP contribution < -0.4 is 16.4 Å². The van der Waals surface area contributed by atoms with Gasteiger partial charge < -0.3 is 20.9 Å². The van der Waals surface area contributed by atoms with Crippen molar-refractivity contribution in [3.63, 3.8) is 0 Å². The Bertz CT molecular complexity index is 664. The molecule has 7 heteroatoms. The number of anilines is 2. The zero-order valence-electron chi connectivity index (χ0n) is 12.4. The average Bonchev–Trinajstić information content (AvgIpc) is 2.94. The Morgan fingerprint density at radius 2 is 1.82 bits per heavy atom. The highest BCUT2D eigenvalue weighted by Crippen LogP contribution is 2.16. The molecule has 0 spiro atoms. The van der Waals surface area contributed by atoms with Crippen LogP contribution in [0.5, 0.6) is 0 Å². The van der Waals surface area contributed by atoms with Gasteiger partial charge in [-0.2, -0.15) is 0 Å². The largest absolute Gasteiger partial charge is 0.361 e. The second-order valence-corrected chi connectivity index (χ2v) is 4.95. The van der Waals surface area contributed by atoms with Gasteiger partial charge in [-0.1, -0.05) is 12.1 Å². The summed E-state index contributed by atoms with van der Waals surface area (Å²) in [5, 5.41) is 9.04. The Morgan fingerprint density at radius 1 is 1.23 bits per heavy atom. The van der Waals surface area contributed by atoms with Crippen molar-refractivity contribution in [3.05, 3.63) is 41.8 Å². The van der Waals surface area contributed by atoms with Crippen LogP contribution in [0, 0.1) is 12.8 Å². The van der Waals surface area contributed by atoms with Crippen LogP contribution in [0.25, 0.3) is 0 Å². The first-order valence-corrected chi connectivity index (χ1v) is 6.85. The number of hydrogen-bond acceptors (Lipinski definition) is 5. The number of amides is 2. The third kappa shape index (κ3) is 3.70. The molecule has 0 aliphatic heterocycles. The van der Waals surface area contributed by atoms with Crippen molar-refractivity contribution < 1.29 is 14.1 Å². The second kappa shape index (κ2) is 6.86. The molecule has 2 rings (SSSR count). The lowest BCUT2D eigenvalue weighted by Gasteiger charge is -2.10. The summed E-state index contributed by atoms with van der Waals surface area (Å²) in [6.45, 7) is 3.71. The minimum atomic E-state index is -0.299. The number of aromatic nitrogens is 1. The van der Waals surface area contributed by atoms with Crippen LogP contribution in [-0.4, -0.2) is 23.5 Å². The Morgan fingerprint density at radius 3 is 2.32 bits per heavy atom. The number of aryl methyl sites for hydroxylation is 1. The normalized spacial score (nSPS) is 11.8. The van der Waals surface area contributed by atoms with Crippen LogP contribution in [0.1, 0.15) is 23.0 Å². The third-order valence-electron chi connectivity index (χ3n) is 3.21. The van der Waals surface area contributed by atoms with Crippen LogP contribution in [0.15, 0.2) is 35.0 Å². The maximum atomic E-state index is 12.0. The van der Waals surface area contributed by atoms with Gasteiger partial charge >= 0.3 is 0 Å². The maximum Gasteiger partial charge on any atom is 0.260 e. The van der Waals surface area contributed by atoms with Gasteiger partial charge in [0.25, 0.3) is 5.91 Å². The van der Waals surface area contributed by atoms with Crippen molar-refractivity contribution in [2.24, 2.45) is 11.7 Å². The van der Waals surface area contributed by atoms with E-state index in [1.54, 1.807) is 38.1 Å². The van der Waals surface area contributed by atoms with Gasteiger partial charge in [0, 0.05) is 23.8 Å². The summed E-state index contributed by atoms with van der Waals surface area (Å²) < 4.78 is 4.85. The highest BCUT2D eigenvalue weighted by molar-refractivity contribution is 6.04. The van der Waals surface area contributed by atoms with E-state index in [0.717, 1.165) is 0 Å². The molecule has 1 heterocycles. The predicted octanol–water partition coefficient (Wildman–Crippen LogP) is 1.77. The summed E-state index contributed by atoms with van der Waals surface area (Å²) in [5.41, 5.74) is 7.08. The topological polar surface area (TPSA) is 110 Å². The molecular weight excluding hydrogens is 284 g/mol. The van der Waals surface area contributed by atoms with Gasteiger partial charge in [0.15, 0.2) is 0 Å². The minimum absolute atomic E-state index is 0.139. The number of benzene rings is 1. The molecular formula is C15H18N4O3.